The number of hydrogen-bond donors (Lipinski definition) is 0. The highest BCUT2D eigenvalue weighted by atomic mass is 16.5. The maximum atomic E-state index is 11.5. The lowest BCUT2D eigenvalue weighted by Crippen LogP contribution is -2.07. The van der Waals surface area contributed by atoms with E-state index in [4.69, 9.17) is 8.94 Å². The van der Waals surface area contributed by atoms with Gasteiger partial charge in [0.1, 0.15) is 5.78 Å². The van der Waals surface area contributed by atoms with Crippen molar-refractivity contribution in [1.29, 1.82) is 0 Å². The van der Waals surface area contributed by atoms with Gasteiger partial charge in [0.05, 0.1) is 12.2 Å². The molecule has 0 saturated carbocycles. The lowest BCUT2D eigenvalue weighted by molar-refractivity contribution is -0.120. The minimum absolute atomic E-state index is 0.0784. The Bertz CT molecular complexity index is 473. The lowest BCUT2D eigenvalue weighted by atomic mass is 10.1. The van der Waals surface area contributed by atoms with Gasteiger partial charge in [0.15, 0.2) is 5.76 Å². The average Bonchev–Trinajstić information content (AvgIpc) is 2.96. The first kappa shape index (κ1) is 10.6. The molecule has 2 aromatic rings. The van der Waals surface area contributed by atoms with Crippen molar-refractivity contribution in [2.24, 2.45) is 0 Å². The first-order valence-corrected chi connectivity index (χ1v) is 5.12. The van der Waals surface area contributed by atoms with Crippen LogP contribution in [0.2, 0.25) is 0 Å². The fraction of sp³-hybridized carbons (Fsp3) is 0.364. The molecule has 1 atom stereocenters. The van der Waals surface area contributed by atoms with Gasteiger partial charge in [0.2, 0.25) is 11.7 Å². The molecule has 84 valence electrons. The fourth-order valence-electron chi connectivity index (χ4n) is 1.36. The van der Waals surface area contributed by atoms with Crippen LogP contribution in [-0.4, -0.2) is 15.9 Å². The van der Waals surface area contributed by atoms with Gasteiger partial charge in [-0.25, -0.2) is 0 Å². The van der Waals surface area contributed by atoms with Crippen LogP contribution in [0.3, 0.4) is 0 Å². The van der Waals surface area contributed by atoms with Gasteiger partial charge in [-0.05, 0) is 19.1 Å². The van der Waals surface area contributed by atoms with Gasteiger partial charge in [-0.15, -0.1) is 0 Å². The maximum absolute atomic E-state index is 11.5. The first-order chi connectivity index (χ1) is 7.72. The highest BCUT2D eigenvalue weighted by Gasteiger charge is 2.21. The Kier molecular flexibility index (Phi) is 2.85. The molecule has 16 heavy (non-hydrogen) atoms. The molecule has 0 aliphatic heterocycles. The molecule has 0 bridgehead atoms. The molecule has 5 heteroatoms. The summed E-state index contributed by atoms with van der Waals surface area (Å²) in [6.07, 6.45) is 1.99. The topological polar surface area (TPSA) is 69.1 Å². The van der Waals surface area contributed by atoms with Crippen LogP contribution in [0, 0.1) is 0 Å². The zero-order chi connectivity index (χ0) is 11.5. The Hall–Kier alpha value is -1.91. The summed E-state index contributed by atoms with van der Waals surface area (Å²) in [5.41, 5.74) is 0. The molecule has 2 heterocycles. The predicted octanol–water partition coefficient (Wildman–Crippen LogP) is 2.41. The molecule has 5 nitrogen and oxygen atoms in total. The summed E-state index contributed by atoms with van der Waals surface area (Å²) in [5.74, 6) is 0.955. The number of Topliss-reactive ketones (excluding diaryl/α,β-unsaturated/α-hetero) is 1. The molecular weight excluding hydrogens is 208 g/mol. The number of nitrogens with zero attached hydrogens (tertiary/aromatic N) is 2. The normalized spacial score (nSPS) is 12.6. The molecule has 0 spiro atoms. The van der Waals surface area contributed by atoms with Crippen LogP contribution in [0.25, 0.3) is 11.6 Å². The van der Waals surface area contributed by atoms with Crippen molar-refractivity contribution in [1.82, 2.24) is 10.1 Å². The molecule has 0 N–H and O–H groups in total. The molecule has 1 unspecified atom stereocenters. The van der Waals surface area contributed by atoms with Crippen LogP contribution < -0.4 is 0 Å². The van der Waals surface area contributed by atoms with E-state index in [1.54, 1.807) is 19.1 Å². The second-order valence-corrected chi connectivity index (χ2v) is 3.48. The molecule has 0 aliphatic rings. The van der Waals surface area contributed by atoms with E-state index in [1.807, 2.05) is 6.92 Å². The van der Waals surface area contributed by atoms with Crippen molar-refractivity contribution in [2.45, 2.75) is 26.2 Å². The second-order valence-electron chi connectivity index (χ2n) is 3.48. The number of furan rings is 1. The van der Waals surface area contributed by atoms with Gasteiger partial charge in [0, 0.05) is 6.42 Å². The number of carbonyl (C=O) groups is 1. The van der Waals surface area contributed by atoms with Crippen molar-refractivity contribution >= 4 is 5.78 Å². The van der Waals surface area contributed by atoms with Crippen LogP contribution in [0.4, 0.5) is 0 Å². The summed E-state index contributed by atoms with van der Waals surface area (Å²) in [7, 11) is 0. The molecule has 0 amide bonds. The quantitative estimate of drug-likeness (QED) is 0.791. The van der Waals surface area contributed by atoms with Gasteiger partial charge >= 0.3 is 0 Å². The van der Waals surface area contributed by atoms with Crippen molar-refractivity contribution < 1.29 is 13.7 Å². The Morgan fingerprint density at radius 1 is 1.56 bits per heavy atom. The zero-order valence-corrected chi connectivity index (χ0v) is 9.14. The van der Waals surface area contributed by atoms with E-state index in [1.165, 1.54) is 6.26 Å². The highest BCUT2D eigenvalue weighted by Crippen LogP contribution is 2.20. The molecule has 0 aromatic carbocycles. The number of hydrogen-bond acceptors (Lipinski definition) is 5. The van der Waals surface area contributed by atoms with Gasteiger partial charge in [-0.2, -0.15) is 4.98 Å². The molecule has 2 aromatic heterocycles. The van der Waals surface area contributed by atoms with E-state index < -0.39 is 0 Å². The van der Waals surface area contributed by atoms with Crippen molar-refractivity contribution in [3.8, 4) is 11.6 Å². The summed E-state index contributed by atoms with van der Waals surface area (Å²) >= 11 is 0. The minimum Gasteiger partial charge on any atom is -0.461 e. The highest BCUT2D eigenvalue weighted by molar-refractivity contribution is 5.84. The van der Waals surface area contributed by atoms with E-state index in [2.05, 4.69) is 10.1 Å². The Morgan fingerprint density at radius 2 is 2.38 bits per heavy atom. The number of carbonyl (C=O) groups excluding carboxylic acids is 1. The summed E-state index contributed by atoms with van der Waals surface area (Å²) in [5, 5.41) is 3.76. The third-order valence-corrected chi connectivity index (χ3v) is 2.39. The maximum Gasteiger partial charge on any atom is 0.238 e. The summed E-state index contributed by atoms with van der Waals surface area (Å²) in [6, 6.07) is 3.48. The van der Waals surface area contributed by atoms with Gasteiger partial charge in [-0.1, -0.05) is 12.1 Å². The average molecular weight is 220 g/mol. The van der Waals surface area contributed by atoms with Crippen LogP contribution in [0.15, 0.2) is 27.3 Å². The predicted molar refractivity (Wildman–Crippen MR) is 55.7 cm³/mol. The molecular formula is C11H12N2O3. The van der Waals surface area contributed by atoms with Gasteiger partial charge in [-0.3, -0.25) is 4.79 Å². The van der Waals surface area contributed by atoms with Gasteiger partial charge in [0.25, 0.3) is 0 Å². The van der Waals surface area contributed by atoms with Crippen molar-refractivity contribution in [3.63, 3.8) is 0 Å². The Labute approximate surface area is 92.5 Å². The van der Waals surface area contributed by atoms with Crippen LogP contribution in [0.5, 0.6) is 0 Å². The van der Waals surface area contributed by atoms with Crippen molar-refractivity contribution in [2.75, 3.05) is 0 Å². The molecule has 2 rings (SSSR count). The minimum atomic E-state index is -0.360. The number of aromatic nitrogens is 2. The molecule has 0 fully saturated rings. The SMILES string of the molecule is CCC(=O)C(C)c1nc(-c2ccco2)no1. The van der Waals surface area contributed by atoms with E-state index in [9.17, 15) is 4.79 Å². The lowest BCUT2D eigenvalue weighted by Gasteiger charge is -2.00. The first-order valence-electron chi connectivity index (χ1n) is 5.12. The van der Waals surface area contributed by atoms with Gasteiger partial charge < -0.3 is 8.94 Å². The Morgan fingerprint density at radius 3 is 3.00 bits per heavy atom. The molecule has 0 radical (unpaired) electrons. The largest absolute Gasteiger partial charge is 0.461 e. The summed E-state index contributed by atoms with van der Waals surface area (Å²) in [4.78, 5) is 15.6. The van der Waals surface area contributed by atoms with Crippen LogP contribution in [0.1, 0.15) is 32.1 Å². The smallest absolute Gasteiger partial charge is 0.238 e. The Balaban J connectivity index is 2.23. The monoisotopic (exact) mass is 220 g/mol. The molecule has 0 aliphatic carbocycles. The third-order valence-electron chi connectivity index (χ3n) is 2.39. The fourth-order valence-corrected chi connectivity index (χ4v) is 1.36. The standard InChI is InChI=1S/C11H12N2O3/c1-3-8(14)7(2)11-12-10(13-16-11)9-5-4-6-15-9/h4-7H,3H2,1-2H3. The number of rotatable bonds is 4. The third kappa shape index (κ3) is 1.88. The summed E-state index contributed by atoms with van der Waals surface area (Å²) < 4.78 is 10.2. The van der Waals surface area contributed by atoms with Crippen molar-refractivity contribution in [3.05, 3.63) is 24.3 Å². The number of ketones is 1. The summed E-state index contributed by atoms with van der Waals surface area (Å²) in [6.45, 7) is 3.56. The van der Waals surface area contributed by atoms with E-state index in [0.29, 0.717) is 23.9 Å². The van der Waals surface area contributed by atoms with E-state index in [0.717, 1.165) is 0 Å². The molecule has 0 saturated heterocycles. The van der Waals surface area contributed by atoms with E-state index in [-0.39, 0.29) is 11.7 Å². The second kappa shape index (κ2) is 4.30. The van der Waals surface area contributed by atoms with Crippen LogP contribution in [-0.2, 0) is 4.79 Å². The van der Waals surface area contributed by atoms with E-state index >= 15 is 0 Å². The zero-order valence-electron chi connectivity index (χ0n) is 9.14. The van der Waals surface area contributed by atoms with Crippen LogP contribution >= 0.6 is 0 Å².